The van der Waals surface area contributed by atoms with Crippen LogP contribution in [0.5, 0.6) is 0 Å². The molecule has 2 aromatic rings. The van der Waals surface area contributed by atoms with E-state index >= 15 is 0 Å². The summed E-state index contributed by atoms with van der Waals surface area (Å²) in [7, 11) is 0. The summed E-state index contributed by atoms with van der Waals surface area (Å²) in [5, 5.41) is 17.4. The van der Waals surface area contributed by atoms with Crippen LogP contribution in [0.2, 0.25) is 0 Å². The largest absolute Gasteiger partial charge is 0.397 e. The molecule has 0 saturated carbocycles. The summed E-state index contributed by atoms with van der Waals surface area (Å²) < 4.78 is 0. The molecule has 0 amide bonds. The van der Waals surface area contributed by atoms with E-state index in [1.165, 1.54) is 12.3 Å². The zero-order chi connectivity index (χ0) is 17.1. The molecular formula is C17H19N7. The smallest absolute Gasteiger partial charge is 0.141 e. The molecule has 2 aromatic heterocycles. The lowest BCUT2D eigenvalue weighted by Crippen LogP contribution is -2.43. The average Bonchev–Trinajstić information content (AvgIpc) is 2.62. The Bertz CT molecular complexity index is 809. The van der Waals surface area contributed by atoms with Gasteiger partial charge in [0.1, 0.15) is 17.6 Å². The van der Waals surface area contributed by atoms with Gasteiger partial charge in [0.2, 0.25) is 0 Å². The first-order valence-electron chi connectivity index (χ1n) is 7.81. The van der Waals surface area contributed by atoms with Crippen molar-refractivity contribution in [2.45, 2.75) is 18.9 Å². The fraction of sp³-hybridized carbons (Fsp3) is 0.294. The third-order valence-electron chi connectivity index (χ3n) is 4.09. The maximum Gasteiger partial charge on any atom is 0.141 e. The molecule has 1 atom stereocenters. The Morgan fingerprint density at radius 3 is 3.00 bits per heavy atom. The molecule has 1 saturated heterocycles. The van der Waals surface area contributed by atoms with E-state index in [1.54, 1.807) is 6.07 Å². The molecule has 1 aliphatic rings. The molecule has 0 spiro atoms. The second-order valence-corrected chi connectivity index (χ2v) is 5.87. The number of nitrogens with zero attached hydrogens (tertiary/aromatic N) is 4. The van der Waals surface area contributed by atoms with E-state index in [-0.39, 0.29) is 17.4 Å². The van der Waals surface area contributed by atoms with Crippen LogP contribution in [0, 0.1) is 16.7 Å². The molecule has 0 bridgehead atoms. The van der Waals surface area contributed by atoms with Gasteiger partial charge in [0.25, 0.3) is 0 Å². The molecule has 0 aliphatic carbocycles. The number of rotatable bonds is 3. The summed E-state index contributed by atoms with van der Waals surface area (Å²) in [6.07, 6.45) is 3.46. The van der Waals surface area contributed by atoms with Gasteiger partial charge < -0.3 is 16.4 Å². The van der Waals surface area contributed by atoms with Crippen molar-refractivity contribution in [3.05, 3.63) is 47.4 Å². The summed E-state index contributed by atoms with van der Waals surface area (Å²) in [4.78, 5) is 10.6. The molecule has 0 radical (unpaired) electrons. The highest BCUT2D eigenvalue weighted by Gasteiger charge is 2.19. The second kappa shape index (κ2) is 6.64. The van der Waals surface area contributed by atoms with Gasteiger partial charge >= 0.3 is 0 Å². The van der Waals surface area contributed by atoms with Gasteiger partial charge in [-0.3, -0.25) is 5.41 Å². The number of nitrogens with two attached hydrogens (primary N) is 2. The van der Waals surface area contributed by atoms with Crippen LogP contribution in [0.25, 0.3) is 0 Å². The van der Waals surface area contributed by atoms with Crippen molar-refractivity contribution in [2.75, 3.05) is 23.7 Å². The Morgan fingerprint density at radius 1 is 1.42 bits per heavy atom. The standard InChI is InChI=1S/C17H19N7/c18-8-12-7-13(14(20)9-22-12)17(21)15-4-1-5-16(23-15)24-6-2-3-11(19)10-24/h1,4-5,7,9,11,21H,2-3,6,10,19-20H2/t11-/m0/s1. The zero-order valence-corrected chi connectivity index (χ0v) is 13.2. The Kier molecular flexibility index (Phi) is 4.40. The minimum atomic E-state index is 0.151. The monoisotopic (exact) mass is 321 g/mol. The highest BCUT2D eigenvalue weighted by Crippen LogP contribution is 2.20. The SMILES string of the molecule is N#Cc1cc(C(=N)c2cccc(N3CCC[C@H](N)C3)n2)c(N)cn1. The lowest BCUT2D eigenvalue weighted by atomic mass is 10.0. The summed E-state index contributed by atoms with van der Waals surface area (Å²) in [6, 6.07) is 9.19. The van der Waals surface area contributed by atoms with Crippen molar-refractivity contribution in [1.29, 1.82) is 10.7 Å². The summed E-state index contributed by atoms with van der Waals surface area (Å²) in [5.74, 6) is 0.806. The van der Waals surface area contributed by atoms with Gasteiger partial charge in [-0.1, -0.05) is 6.07 Å². The van der Waals surface area contributed by atoms with Crippen molar-refractivity contribution in [1.82, 2.24) is 9.97 Å². The number of nitrogen functional groups attached to an aromatic ring is 1. The lowest BCUT2D eigenvalue weighted by Gasteiger charge is -2.31. The normalized spacial score (nSPS) is 17.3. The van der Waals surface area contributed by atoms with E-state index in [0.29, 0.717) is 16.9 Å². The van der Waals surface area contributed by atoms with Gasteiger partial charge in [0.05, 0.1) is 23.3 Å². The molecule has 0 aromatic carbocycles. The van der Waals surface area contributed by atoms with Crippen molar-refractivity contribution in [3.8, 4) is 6.07 Å². The Hall–Kier alpha value is -2.98. The van der Waals surface area contributed by atoms with Gasteiger partial charge in [0, 0.05) is 24.7 Å². The zero-order valence-electron chi connectivity index (χ0n) is 13.2. The van der Waals surface area contributed by atoms with Crippen molar-refractivity contribution >= 4 is 17.2 Å². The van der Waals surface area contributed by atoms with Crippen LogP contribution >= 0.6 is 0 Å². The van der Waals surface area contributed by atoms with Gasteiger partial charge in [-0.05, 0) is 31.0 Å². The van der Waals surface area contributed by atoms with E-state index in [9.17, 15) is 0 Å². The van der Waals surface area contributed by atoms with Crippen LogP contribution in [-0.2, 0) is 0 Å². The minimum Gasteiger partial charge on any atom is -0.397 e. The van der Waals surface area contributed by atoms with Crippen molar-refractivity contribution < 1.29 is 0 Å². The number of nitriles is 1. The molecule has 5 N–H and O–H groups in total. The number of hydrogen-bond acceptors (Lipinski definition) is 7. The number of aromatic nitrogens is 2. The fourth-order valence-corrected chi connectivity index (χ4v) is 2.84. The average molecular weight is 321 g/mol. The molecular weight excluding hydrogens is 302 g/mol. The number of hydrogen-bond donors (Lipinski definition) is 3. The van der Waals surface area contributed by atoms with Gasteiger partial charge in [0.15, 0.2) is 0 Å². The maximum atomic E-state index is 8.99. The molecule has 24 heavy (non-hydrogen) atoms. The van der Waals surface area contributed by atoms with Crippen LogP contribution in [0.3, 0.4) is 0 Å². The molecule has 122 valence electrons. The molecule has 3 heterocycles. The highest BCUT2D eigenvalue weighted by atomic mass is 15.2. The van der Waals surface area contributed by atoms with Crippen molar-refractivity contribution in [2.24, 2.45) is 5.73 Å². The van der Waals surface area contributed by atoms with Gasteiger partial charge in [-0.2, -0.15) is 5.26 Å². The highest BCUT2D eigenvalue weighted by molar-refractivity contribution is 6.12. The lowest BCUT2D eigenvalue weighted by molar-refractivity contribution is 0.503. The van der Waals surface area contributed by atoms with E-state index in [2.05, 4.69) is 14.9 Å². The molecule has 7 nitrogen and oxygen atoms in total. The minimum absolute atomic E-state index is 0.151. The molecule has 1 aliphatic heterocycles. The topological polar surface area (TPSA) is 129 Å². The molecule has 7 heteroatoms. The van der Waals surface area contributed by atoms with Crippen LogP contribution in [-0.4, -0.2) is 34.8 Å². The van der Waals surface area contributed by atoms with E-state index in [1.807, 2.05) is 18.2 Å². The molecule has 1 fully saturated rings. The maximum absolute atomic E-state index is 8.99. The van der Waals surface area contributed by atoms with Crippen molar-refractivity contribution in [3.63, 3.8) is 0 Å². The third kappa shape index (κ3) is 3.19. The molecule has 3 rings (SSSR count). The number of anilines is 2. The first kappa shape index (κ1) is 15.9. The summed E-state index contributed by atoms with van der Waals surface area (Å²) >= 11 is 0. The number of piperidine rings is 1. The van der Waals surface area contributed by atoms with Crippen LogP contribution in [0.4, 0.5) is 11.5 Å². The van der Waals surface area contributed by atoms with Gasteiger partial charge in [-0.25, -0.2) is 9.97 Å². The number of pyridine rings is 2. The first-order valence-corrected chi connectivity index (χ1v) is 7.81. The van der Waals surface area contributed by atoms with Crippen LogP contribution in [0.1, 0.15) is 29.8 Å². The van der Waals surface area contributed by atoms with Crippen LogP contribution < -0.4 is 16.4 Å². The Labute approximate surface area is 140 Å². The van der Waals surface area contributed by atoms with Gasteiger partial charge in [-0.15, -0.1) is 0 Å². The Morgan fingerprint density at radius 2 is 2.25 bits per heavy atom. The summed E-state index contributed by atoms with van der Waals surface area (Å²) in [5.41, 5.74) is 13.7. The fourth-order valence-electron chi connectivity index (χ4n) is 2.84. The predicted molar refractivity (Wildman–Crippen MR) is 93.0 cm³/mol. The van der Waals surface area contributed by atoms with E-state index in [4.69, 9.17) is 22.1 Å². The second-order valence-electron chi connectivity index (χ2n) is 5.87. The van der Waals surface area contributed by atoms with E-state index < -0.39 is 0 Å². The first-order chi connectivity index (χ1) is 11.6. The number of nitrogens with one attached hydrogen (secondary N) is 1. The quantitative estimate of drug-likeness (QED) is 0.730. The summed E-state index contributed by atoms with van der Waals surface area (Å²) in [6.45, 7) is 1.67. The predicted octanol–water partition coefficient (Wildman–Crippen LogP) is 1.27. The van der Waals surface area contributed by atoms with E-state index in [0.717, 1.165) is 31.7 Å². The Balaban J connectivity index is 1.91. The molecule has 0 unspecified atom stereocenters. The third-order valence-corrected chi connectivity index (χ3v) is 4.09. The van der Waals surface area contributed by atoms with Crippen LogP contribution in [0.15, 0.2) is 30.5 Å².